The van der Waals surface area contributed by atoms with E-state index >= 15 is 0 Å². The van der Waals surface area contributed by atoms with Gasteiger partial charge >= 0.3 is 0 Å². The van der Waals surface area contributed by atoms with Gasteiger partial charge in [-0.25, -0.2) is 0 Å². The van der Waals surface area contributed by atoms with Crippen LogP contribution in [0.5, 0.6) is 0 Å². The molecule has 2 saturated heterocycles. The first-order valence-corrected chi connectivity index (χ1v) is 6.47. The molecule has 94 valence electrons. The second-order valence-electron chi connectivity index (χ2n) is 5.23. The highest BCUT2D eigenvalue weighted by atomic mass is 16.5. The Morgan fingerprint density at radius 2 is 2.12 bits per heavy atom. The average Bonchev–Trinajstić information content (AvgIpc) is 2.87. The summed E-state index contributed by atoms with van der Waals surface area (Å²) in [7, 11) is 0. The minimum atomic E-state index is -0.320. The smallest absolute Gasteiger partial charge is 0.0948 e. The molecule has 0 spiro atoms. The number of ether oxygens (including phenoxy) is 1. The summed E-state index contributed by atoms with van der Waals surface area (Å²) in [5.74, 6) is 0.644. The number of hydrogen-bond donors (Lipinski definition) is 2. The Hall–Kier alpha value is -0.160. The standard InChI is InChI=1S/C12H24N2O2/c1-10(7-14-4-2-3-5-14)6-13-11-8-16-9-12(11)15/h10-13,15H,2-9H2,1H3. The van der Waals surface area contributed by atoms with E-state index < -0.39 is 0 Å². The Morgan fingerprint density at radius 1 is 1.38 bits per heavy atom. The second kappa shape index (κ2) is 5.96. The Balaban J connectivity index is 1.61. The van der Waals surface area contributed by atoms with Gasteiger partial charge in [-0.3, -0.25) is 0 Å². The van der Waals surface area contributed by atoms with E-state index in [1.165, 1.54) is 32.5 Å². The van der Waals surface area contributed by atoms with E-state index in [0.29, 0.717) is 19.1 Å². The van der Waals surface area contributed by atoms with Gasteiger partial charge in [0.25, 0.3) is 0 Å². The first kappa shape index (κ1) is 12.3. The fourth-order valence-corrected chi connectivity index (χ4v) is 2.56. The maximum atomic E-state index is 9.59. The predicted octanol–water partition coefficient (Wildman–Crippen LogP) is 0.0676. The van der Waals surface area contributed by atoms with E-state index in [0.717, 1.165) is 6.54 Å². The van der Waals surface area contributed by atoms with Gasteiger partial charge < -0.3 is 20.1 Å². The third-order valence-electron chi connectivity index (χ3n) is 3.55. The molecule has 0 bridgehead atoms. The van der Waals surface area contributed by atoms with Crippen molar-refractivity contribution < 1.29 is 9.84 Å². The predicted molar refractivity (Wildman–Crippen MR) is 63.5 cm³/mol. The maximum Gasteiger partial charge on any atom is 0.0948 e. The first-order valence-electron chi connectivity index (χ1n) is 6.47. The van der Waals surface area contributed by atoms with Gasteiger partial charge in [0, 0.05) is 6.54 Å². The molecule has 2 N–H and O–H groups in total. The van der Waals surface area contributed by atoms with Crippen molar-refractivity contribution in [2.75, 3.05) is 39.4 Å². The molecule has 4 nitrogen and oxygen atoms in total. The van der Waals surface area contributed by atoms with Crippen molar-refractivity contribution in [1.82, 2.24) is 10.2 Å². The van der Waals surface area contributed by atoms with Gasteiger partial charge in [0.15, 0.2) is 0 Å². The van der Waals surface area contributed by atoms with E-state index in [2.05, 4.69) is 17.1 Å². The van der Waals surface area contributed by atoms with E-state index in [1.807, 2.05) is 0 Å². The summed E-state index contributed by atoms with van der Waals surface area (Å²) in [5.41, 5.74) is 0. The number of aliphatic hydroxyl groups excluding tert-OH is 1. The molecule has 0 amide bonds. The molecule has 0 radical (unpaired) electrons. The van der Waals surface area contributed by atoms with Crippen molar-refractivity contribution in [2.45, 2.75) is 31.9 Å². The summed E-state index contributed by atoms with van der Waals surface area (Å²) in [4.78, 5) is 2.54. The molecule has 2 rings (SSSR count). The Morgan fingerprint density at radius 3 is 2.75 bits per heavy atom. The summed E-state index contributed by atoms with van der Waals surface area (Å²) in [6, 6.07) is 0.140. The lowest BCUT2D eigenvalue weighted by atomic mass is 10.1. The molecule has 4 heteroatoms. The van der Waals surface area contributed by atoms with Crippen molar-refractivity contribution in [2.24, 2.45) is 5.92 Å². The maximum absolute atomic E-state index is 9.59. The minimum Gasteiger partial charge on any atom is -0.389 e. The van der Waals surface area contributed by atoms with Gasteiger partial charge in [0.05, 0.1) is 25.4 Å². The van der Waals surface area contributed by atoms with E-state index in [4.69, 9.17) is 4.74 Å². The highest BCUT2D eigenvalue weighted by Crippen LogP contribution is 2.10. The molecule has 2 heterocycles. The van der Waals surface area contributed by atoms with Gasteiger partial charge in [-0.1, -0.05) is 6.92 Å². The zero-order valence-corrected chi connectivity index (χ0v) is 10.2. The fraction of sp³-hybridized carbons (Fsp3) is 1.00. The van der Waals surface area contributed by atoms with Crippen LogP contribution in [-0.2, 0) is 4.74 Å². The number of nitrogens with one attached hydrogen (secondary N) is 1. The molecule has 0 saturated carbocycles. The summed E-state index contributed by atoms with van der Waals surface area (Å²) in [6.07, 6.45) is 2.39. The Bertz CT molecular complexity index is 207. The van der Waals surface area contributed by atoms with Crippen LogP contribution in [0.2, 0.25) is 0 Å². The lowest BCUT2D eigenvalue weighted by Gasteiger charge is -2.22. The van der Waals surface area contributed by atoms with Crippen LogP contribution in [0.25, 0.3) is 0 Å². The van der Waals surface area contributed by atoms with Gasteiger partial charge in [0.2, 0.25) is 0 Å². The molecule has 2 aliphatic rings. The number of likely N-dealkylation sites (tertiary alicyclic amines) is 1. The van der Waals surface area contributed by atoms with Crippen LogP contribution < -0.4 is 5.32 Å². The molecule has 3 atom stereocenters. The first-order chi connectivity index (χ1) is 7.75. The highest BCUT2D eigenvalue weighted by molar-refractivity contribution is 4.81. The molecule has 3 unspecified atom stereocenters. The summed E-state index contributed by atoms with van der Waals surface area (Å²) >= 11 is 0. The topological polar surface area (TPSA) is 44.7 Å². The van der Waals surface area contributed by atoms with Crippen LogP contribution >= 0.6 is 0 Å². The van der Waals surface area contributed by atoms with Crippen LogP contribution in [0.15, 0.2) is 0 Å². The van der Waals surface area contributed by atoms with Crippen LogP contribution in [0.4, 0.5) is 0 Å². The van der Waals surface area contributed by atoms with Crippen LogP contribution in [-0.4, -0.2) is 61.5 Å². The van der Waals surface area contributed by atoms with Crippen molar-refractivity contribution in [3.63, 3.8) is 0 Å². The van der Waals surface area contributed by atoms with Crippen LogP contribution in [0.3, 0.4) is 0 Å². The van der Waals surface area contributed by atoms with Crippen LogP contribution in [0.1, 0.15) is 19.8 Å². The number of nitrogens with zero attached hydrogens (tertiary/aromatic N) is 1. The highest BCUT2D eigenvalue weighted by Gasteiger charge is 2.26. The minimum absolute atomic E-state index is 0.140. The lowest BCUT2D eigenvalue weighted by molar-refractivity contribution is 0.121. The summed E-state index contributed by atoms with van der Waals surface area (Å²) in [5, 5.41) is 13.0. The molecule has 0 aliphatic carbocycles. The van der Waals surface area contributed by atoms with Gasteiger partial charge in [0.1, 0.15) is 0 Å². The monoisotopic (exact) mass is 228 g/mol. The lowest BCUT2D eigenvalue weighted by Crippen LogP contribution is -2.42. The van der Waals surface area contributed by atoms with Crippen molar-refractivity contribution >= 4 is 0 Å². The summed E-state index contributed by atoms with van der Waals surface area (Å²) in [6.45, 7) is 8.08. The number of hydrogen-bond acceptors (Lipinski definition) is 4. The molecule has 0 aromatic rings. The quantitative estimate of drug-likeness (QED) is 0.699. The average molecular weight is 228 g/mol. The van der Waals surface area contributed by atoms with Gasteiger partial charge in [-0.05, 0) is 38.4 Å². The zero-order valence-electron chi connectivity index (χ0n) is 10.2. The second-order valence-corrected chi connectivity index (χ2v) is 5.23. The Labute approximate surface area is 98.0 Å². The third-order valence-corrected chi connectivity index (χ3v) is 3.55. The van der Waals surface area contributed by atoms with E-state index in [9.17, 15) is 5.11 Å². The van der Waals surface area contributed by atoms with Gasteiger partial charge in [-0.2, -0.15) is 0 Å². The SMILES string of the molecule is CC(CNC1COCC1O)CN1CCCC1. The Kier molecular flexibility index (Phi) is 4.58. The van der Waals surface area contributed by atoms with E-state index in [1.54, 1.807) is 0 Å². The molecule has 0 aromatic carbocycles. The third kappa shape index (κ3) is 3.42. The normalized spacial score (nSPS) is 33.4. The molecule has 16 heavy (non-hydrogen) atoms. The van der Waals surface area contributed by atoms with Crippen LogP contribution in [0, 0.1) is 5.92 Å². The molecule has 2 fully saturated rings. The molecule has 0 aromatic heterocycles. The van der Waals surface area contributed by atoms with Crippen molar-refractivity contribution in [3.8, 4) is 0 Å². The summed E-state index contributed by atoms with van der Waals surface area (Å²) < 4.78 is 5.21. The molecular formula is C12H24N2O2. The largest absolute Gasteiger partial charge is 0.389 e. The zero-order chi connectivity index (χ0) is 11.4. The number of rotatable bonds is 5. The molecular weight excluding hydrogens is 204 g/mol. The van der Waals surface area contributed by atoms with Crippen molar-refractivity contribution in [3.05, 3.63) is 0 Å². The van der Waals surface area contributed by atoms with E-state index in [-0.39, 0.29) is 12.1 Å². The molecule has 2 aliphatic heterocycles. The fourth-order valence-electron chi connectivity index (χ4n) is 2.56. The van der Waals surface area contributed by atoms with Crippen molar-refractivity contribution in [1.29, 1.82) is 0 Å². The number of aliphatic hydroxyl groups is 1. The van der Waals surface area contributed by atoms with Gasteiger partial charge in [-0.15, -0.1) is 0 Å².